The number of aromatic amines is 1. The van der Waals surface area contributed by atoms with E-state index in [1.165, 1.54) is 0 Å². The molecule has 0 atom stereocenters. The normalized spacial score (nSPS) is 10.6. The zero-order valence-electron chi connectivity index (χ0n) is 7.53. The third kappa shape index (κ3) is 1.74. The highest BCUT2D eigenvalue weighted by atomic mass is 16.4. The van der Waals surface area contributed by atoms with Gasteiger partial charge >= 0.3 is 5.97 Å². The van der Waals surface area contributed by atoms with E-state index in [1.54, 1.807) is 6.20 Å². The van der Waals surface area contributed by atoms with E-state index in [1.807, 2.05) is 18.2 Å². The number of fused-ring (bicyclic) bond motifs is 1. The Balaban J connectivity index is 2.21. The molecule has 1 aromatic carbocycles. The molecule has 2 aromatic rings. The summed E-state index contributed by atoms with van der Waals surface area (Å²) in [6.45, 7) is 0. The molecule has 72 valence electrons. The molecule has 0 saturated carbocycles. The smallest absolute Gasteiger partial charge is 0.303 e. The molecule has 4 nitrogen and oxygen atoms in total. The van der Waals surface area contributed by atoms with Gasteiger partial charge in [-0.25, -0.2) is 0 Å². The number of carbonyl (C=O) groups is 1. The number of aromatic nitrogens is 2. The van der Waals surface area contributed by atoms with Crippen LogP contribution in [0.4, 0.5) is 0 Å². The Kier molecular flexibility index (Phi) is 2.18. The van der Waals surface area contributed by atoms with Gasteiger partial charge in [-0.1, -0.05) is 12.1 Å². The van der Waals surface area contributed by atoms with Crippen molar-refractivity contribution in [1.29, 1.82) is 0 Å². The molecular formula is C10H10N2O2. The molecule has 0 fully saturated rings. The summed E-state index contributed by atoms with van der Waals surface area (Å²) in [5.41, 5.74) is 1.97. The maximum absolute atomic E-state index is 10.4. The number of carboxylic acids is 1. The summed E-state index contributed by atoms with van der Waals surface area (Å²) in [6, 6.07) is 5.81. The predicted octanol–water partition coefficient (Wildman–Crippen LogP) is 1.58. The molecule has 2 N–H and O–H groups in total. The Hall–Kier alpha value is -1.84. The van der Waals surface area contributed by atoms with Gasteiger partial charge in [0, 0.05) is 11.8 Å². The minimum Gasteiger partial charge on any atom is -0.481 e. The number of nitrogens with one attached hydrogen (secondary N) is 1. The maximum Gasteiger partial charge on any atom is 0.303 e. The summed E-state index contributed by atoms with van der Waals surface area (Å²) < 4.78 is 0. The summed E-state index contributed by atoms with van der Waals surface area (Å²) in [5.74, 6) is -0.769. The minimum absolute atomic E-state index is 0.166. The van der Waals surface area contributed by atoms with Crippen molar-refractivity contribution in [2.45, 2.75) is 12.8 Å². The second-order valence-corrected chi connectivity index (χ2v) is 3.19. The van der Waals surface area contributed by atoms with Crippen molar-refractivity contribution in [3.63, 3.8) is 0 Å². The summed E-state index contributed by atoms with van der Waals surface area (Å²) in [4.78, 5) is 10.4. The molecule has 0 aliphatic carbocycles. The molecule has 1 heterocycles. The fourth-order valence-electron chi connectivity index (χ4n) is 1.39. The van der Waals surface area contributed by atoms with E-state index < -0.39 is 5.97 Å². The third-order valence-electron chi connectivity index (χ3n) is 2.13. The Morgan fingerprint density at radius 1 is 1.50 bits per heavy atom. The van der Waals surface area contributed by atoms with Crippen molar-refractivity contribution in [2.75, 3.05) is 0 Å². The molecule has 0 aliphatic heterocycles. The van der Waals surface area contributed by atoms with Gasteiger partial charge in [0.05, 0.1) is 11.7 Å². The Labute approximate surface area is 80.6 Å². The number of aliphatic carboxylic acids is 1. The largest absolute Gasteiger partial charge is 0.481 e. The van der Waals surface area contributed by atoms with E-state index in [0.29, 0.717) is 6.42 Å². The molecular weight excluding hydrogens is 180 g/mol. The van der Waals surface area contributed by atoms with Crippen LogP contribution < -0.4 is 0 Å². The summed E-state index contributed by atoms with van der Waals surface area (Å²) in [5, 5.41) is 16.3. The maximum atomic E-state index is 10.4. The molecule has 0 saturated heterocycles. The number of H-pyrrole nitrogens is 1. The Morgan fingerprint density at radius 2 is 2.36 bits per heavy atom. The first-order valence-electron chi connectivity index (χ1n) is 4.39. The average Bonchev–Trinajstić information content (AvgIpc) is 2.61. The Bertz CT molecular complexity index is 462. The first-order chi connectivity index (χ1) is 6.75. The summed E-state index contributed by atoms with van der Waals surface area (Å²) in [7, 11) is 0. The molecule has 2 rings (SSSR count). The number of nitrogens with zero attached hydrogens (tertiary/aromatic N) is 1. The average molecular weight is 190 g/mol. The van der Waals surface area contributed by atoms with Gasteiger partial charge in [-0.3, -0.25) is 9.89 Å². The second kappa shape index (κ2) is 3.49. The molecule has 0 unspecified atom stereocenters. The molecule has 0 bridgehead atoms. The SMILES string of the molecule is O=C(O)CCc1ccc2cn[nH]c2c1. The highest BCUT2D eigenvalue weighted by Gasteiger charge is 2.01. The number of aryl methyl sites for hydroxylation is 1. The number of carboxylic acid groups (broad SMARTS) is 1. The van der Waals surface area contributed by atoms with E-state index >= 15 is 0 Å². The predicted molar refractivity (Wildman–Crippen MR) is 52.1 cm³/mol. The fourth-order valence-corrected chi connectivity index (χ4v) is 1.39. The molecule has 1 aromatic heterocycles. The Morgan fingerprint density at radius 3 is 3.14 bits per heavy atom. The van der Waals surface area contributed by atoms with Crippen LogP contribution in [0.15, 0.2) is 24.4 Å². The van der Waals surface area contributed by atoms with E-state index in [-0.39, 0.29) is 6.42 Å². The van der Waals surface area contributed by atoms with Crippen LogP contribution in [0, 0.1) is 0 Å². The summed E-state index contributed by atoms with van der Waals surface area (Å²) in [6.07, 6.45) is 2.47. The van der Waals surface area contributed by atoms with Gasteiger partial charge in [0.1, 0.15) is 0 Å². The molecule has 4 heteroatoms. The lowest BCUT2D eigenvalue weighted by atomic mass is 10.1. The van der Waals surface area contributed by atoms with E-state index in [4.69, 9.17) is 5.11 Å². The van der Waals surface area contributed by atoms with Crippen LogP contribution >= 0.6 is 0 Å². The lowest BCUT2D eigenvalue weighted by Gasteiger charge is -1.97. The fraction of sp³-hybridized carbons (Fsp3) is 0.200. The highest BCUT2D eigenvalue weighted by molar-refractivity contribution is 5.78. The van der Waals surface area contributed by atoms with Crippen LogP contribution in [-0.4, -0.2) is 21.3 Å². The number of hydrogen-bond acceptors (Lipinski definition) is 2. The van der Waals surface area contributed by atoms with Gasteiger partial charge < -0.3 is 5.11 Å². The highest BCUT2D eigenvalue weighted by Crippen LogP contribution is 2.13. The van der Waals surface area contributed by atoms with Crippen molar-refractivity contribution in [3.8, 4) is 0 Å². The standard InChI is InChI=1S/C10H10N2O2/c13-10(14)4-2-7-1-3-8-6-11-12-9(8)5-7/h1,3,5-6H,2,4H2,(H,11,12)(H,13,14). The molecule has 0 aliphatic rings. The van der Waals surface area contributed by atoms with Crippen LogP contribution in [0.1, 0.15) is 12.0 Å². The van der Waals surface area contributed by atoms with Crippen molar-refractivity contribution >= 4 is 16.9 Å². The first kappa shape index (κ1) is 8.74. The topological polar surface area (TPSA) is 66.0 Å². The van der Waals surface area contributed by atoms with Gasteiger partial charge in [-0.2, -0.15) is 5.10 Å². The number of hydrogen-bond donors (Lipinski definition) is 2. The third-order valence-corrected chi connectivity index (χ3v) is 2.13. The van der Waals surface area contributed by atoms with E-state index in [2.05, 4.69) is 10.2 Å². The van der Waals surface area contributed by atoms with Crippen LogP contribution in [-0.2, 0) is 11.2 Å². The zero-order chi connectivity index (χ0) is 9.97. The van der Waals surface area contributed by atoms with Crippen LogP contribution in [0.25, 0.3) is 10.9 Å². The monoisotopic (exact) mass is 190 g/mol. The van der Waals surface area contributed by atoms with Gasteiger partial charge in [0.25, 0.3) is 0 Å². The minimum atomic E-state index is -0.769. The van der Waals surface area contributed by atoms with Crippen LogP contribution in [0.2, 0.25) is 0 Å². The molecule has 0 spiro atoms. The molecule has 14 heavy (non-hydrogen) atoms. The number of benzene rings is 1. The van der Waals surface area contributed by atoms with E-state index in [9.17, 15) is 4.79 Å². The van der Waals surface area contributed by atoms with Crippen LogP contribution in [0.3, 0.4) is 0 Å². The molecule has 0 radical (unpaired) electrons. The van der Waals surface area contributed by atoms with Crippen LogP contribution in [0.5, 0.6) is 0 Å². The number of rotatable bonds is 3. The van der Waals surface area contributed by atoms with Crippen molar-refractivity contribution in [3.05, 3.63) is 30.0 Å². The van der Waals surface area contributed by atoms with Gasteiger partial charge in [0.15, 0.2) is 0 Å². The molecule has 0 amide bonds. The van der Waals surface area contributed by atoms with Gasteiger partial charge in [0.2, 0.25) is 0 Å². The lowest BCUT2D eigenvalue weighted by Crippen LogP contribution is -1.97. The second-order valence-electron chi connectivity index (χ2n) is 3.19. The van der Waals surface area contributed by atoms with Crippen molar-refractivity contribution < 1.29 is 9.90 Å². The van der Waals surface area contributed by atoms with Gasteiger partial charge in [-0.15, -0.1) is 0 Å². The lowest BCUT2D eigenvalue weighted by molar-refractivity contribution is -0.136. The van der Waals surface area contributed by atoms with E-state index in [0.717, 1.165) is 16.5 Å². The van der Waals surface area contributed by atoms with Crippen molar-refractivity contribution in [2.24, 2.45) is 0 Å². The van der Waals surface area contributed by atoms with Crippen molar-refractivity contribution in [1.82, 2.24) is 10.2 Å². The quantitative estimate of drug-likeness (QED) is 0.772. The van der Waals surface area contributed by atoms with Gasteiger partial charge in [-0.05, 0) is 18.1 Å². The summed E-state index contributed by atoms with van der Waals surface area (Å²) >= 11 is 0. The first-order valence-corrected chi connectivity index (χ1v) is 4.39. The zero-order valence-corrected chi connectivity index (χ0v) is 7.53.